The van der Waals surface area contributed by atoms with Crippen molar-refractivity contribution in [1.82, 2.24) is 5.32 Å². The molecular weight excluding hydrogens is 270 g/mol. The van der Waals surface area contributed by atoms with Crippen LogP contribution in [0, 0.1) is 5.41 Å². The van der Waals surface area contributed by atoms with E-state index in [1.54, 1.807) is 11.3 Å². The van der Waals surface area contributed by atoms with Crippen molar-refractivity contribution >= 4 is 17.2 Å². The van der Waals surface area contributed by atoms with Crippen molar-refractivity contribution in [3.05, 3.63) is 21.4 Å². The van der Waals surface area contributed by atoms with Crippen LogP contribution in [0.5, 0.6) is 0 Å². The van der Waals surface area contributed by atoms with E-state index < -0.39 is 0 Å². The van der Waals surface area contributed by atoms with Gasteiger partial charge in [0.1, 0.15) is 0 Å². The van der Waals surface area contributed by atoms with Crippen molar-refractivity contribution in [3.63, 3.8) is 0 Å². The minimum absolute atomic E-state index is 0.00303. The summed E-state index contributed by atoms with van der Waals surface area (Å²) in [4.78, 5) is 14.4. The molecule has 2 N–H and O–H groups in total. The van der Waals surface area contributed by atoms with Gasteiger partial charge in [-0.05, 0) is 37.3 Å². The van der Waals surface area contributed by atoms with Gasteiger partial charge in [-0.1, -0.05) is 26.7 Å². The minimum atomic E-state index is -0.262. The monoisotopic (exact) mass is 295 g/mol. The number of hydrogen-bond acceptors (Lipinski definition) is 3. The molecule has 1 aromatic heterocycles. The number of aryl methyl sites for hydroxylation is 2. The Bertz CT molecular complexity index is 440. The molecule has 1 heterocycles. The van der Waals surface area contributed by atoms with Crippen LogP contribution < -0.4 is 5.32 Å². The first-order valence-corrected chi connectivity index (χ1v) is 8.34. The number of nitrogens with one attached hydrogen (secondary N) is 1. The molecule has 20 heavy (non-hydrogen) atoms. The fourth-order valence-corrected chi connectivity index (χ4v) is 3.59. The van der Waals surface area contributed by atoms with Crippen LogP contribution in [0.25, 0.3) is 0 Å². The highest BCUT2D eigenvalue weighted by Crippen LogP contribution is 2.28. The molecule has 1 aliphatic rings. The topological polar surface area (TPSA) is 49.3 Å². The molecule has 4 heteroatoms. The van der Waals surface area contributed by atoms with Crippen LogP contribution in [0.2, 0.25) is 0 Å². The van der Waals surface area contributed by atoms with Crippen LogP contribution >= 0.6 is 11.3 Å². The summed E-state index contributed by atoms with van der Waals surface area (Å²) < 4.78 is 0. The van der Waals surface area contributed by atoms with E-state index in [1.807, 2.05) is 13.8 Å². The fourth-order valence-electron chi connectivity index (χ4n) is 2.42. The van der Waals surface area contributed by atoms with E-state index in [-0.39, 0.29) is 17.9 Å². The number of carbonyl (C=O) groups is 1. The van der Waals surface area contributed by atoms with Crippen LogP contribution in [0.3, 0.4) is 0 Å². The second-order valence-electron chi connectivity index (χ2n) is 6.48. The molecule has 0 spiro atoms. The zero-order valence-electron chi connectivity index (χ0n) is 12.5. The van der Waals surface area contributed by atoms with Crippen LogP contribution in [-0.4, -0.2) is 24.2 Å². The third-order valence-electron chi connectivity index (χ3n) is 3.88. The van der Waals surface area contributed by atoms with Crippen molar-refractivity contribution in [2.75, 3.05) is 13.2 Å². The molecule has 1 aromatic rings. The largest absolute Gasteiger partial charge is 0.396 e. The second kappa shape index (κ2) is 6.72. The molecule has 0 aliphatic heterocycles. The number of hydrogen-bond donors (Lipinski definition) is 2. The molecule has 112 valence electrons. The van der Waals surface area contributed by atoms with Crippen molar-refractivity contribution in [2.24, 2.45) is 5.41 Å². The van der Waals surface area contributed by atoms with E-state index in [4.69, 9.17) is 0 Å². The molecular formula is C16H25NO2S. The fraction of sp³-hybridized carbons (Fsp3) is 0.688. The van der Waals surface area contributed by atoms with Crippen molar-refractivity contribution in [1.29, 1.82) is 0 Å². The van der Waals surface area contributed by atoms with Gasteiger partial charge < -0.3 is 10.4 Å². The number of aliphatic hydroxyl groups is 1. The zero-order valence-corrected chi connectivity index (χ0v) is 13.3. The molecule has 0 radical (unpaired) electrons. The predicted octanol–water partition coefficient (Wildman–Crippen LogP) is 3.16. The van der Waals surface area contributed by atoms with E-state index in [0.29, 0.717) is 6.54 Å². The highest BCUT2D eigenvalue weighted by molar-refractivity contribution is 7.14. The molecule has 0 bridgehead atoms. The number of amides is 1. The summed E-state index contributed by atoms with van der Waals surface area (Å²) in [7, 11) is 0. The van der Waals surface area contributed by atoms with Crippen molar-refractivity contribution in [2.45, 2.75) is 52.4 Å². The molecule has 3 nitrogen and oxygen atoms in total. The van der Waals surface area contributed by atoms with E-state index in [1.165, 1.54) is 36.1 Å². The average Bonchev–Trinajstić information content (AvgIpc) is 2.79. The lowest BCUT2D eigenvalue weighted by Crippen LogP contribution is -2.35. The molecule has 2 rings (SSSR count). The Kier molecular flexibility index (Phi) is 5.22. The molecule has 1 aliphatic carbocycles. The van der Waals surface area contributed by atoms with Crippen LogP contribution in [0.4, 0.5) is 0 Å². The molecule has 0 atom stereocenters. The van der Waals surface area contributed by atoms with E-state index in [2.05, 4.69) is 11.4 Å². The molecule has 0 fully saturated rings. The standard InChI is InChI=1S/C16H25NO2S/c1-16(2,11-18)10-17-15(19)14-9-12-7-5-3-4-6-8-13(12)20-14/h9,18H,3-8,10-11H2,1-2H3,(H,17,19). The summed E-state index contributed by atoms with van der Waals surface area (Å²) in [5, 5.41) is 12.2. The normalized spacial score (nSPS) is 16.1. The molecule has 0 saturated heterocycles. The Hall–Kier alpha value is -0.870. The van der Waals surface area contributed by atoms with Crippen molar-refractivity contribution in [3.8, 4) is 0 Å². The minimum Gasteiger partial charge on any atom is -0.396 e. The maximum absolute atomic E-state index is 12.2. The van der Waals surface area contributed by atoms with Gasteiger partial charge in [-0.2, -0.15) is 0 Å². The first kappa shape index (κ1) is 15.5. The second-order valence-corrected chi connectivity index (χ2v) is 7.62. The summed E-state index contributed by atoms with van der Waals surface area (Å²) in [5.74, 6) is 0.00303. The number of rotatable bonds is 4. The Labute approximate surface area is 125 Å². The Morgan fingerprint density at radius 2 is 2.00 bits per heavy atom. The van der Waals surface area contributed by atoms with Gasteiger partial charge in [0.25, 0.3) is 5.91 Å². The van der Waals surface area contributed by atoms with Crippen LogP contribution in [0.15, 0.2) is 6.07 Å². The Morgan fingerprint density at radius 3 is 2.70 bits per heavy atom. The highest BCUT2D eigenvalue weighted by atomic mass is 32.1. The quantitative estimate of drug-likeness (QED) is 0.896. The van der Waals surface area contributed by atoms with Crippen molar-refractivity contribution < 1.29 is 9.90 Å². The third kappa shape index (κ3) is 4.06. The maximum atomic E-state index is 12.2. The molecule has 0 saturated carbocycles. The lowest BCUT2D eigenvalue weighted by molar-refractivity contribution is 0.0915. The van der Waals surface area contributed by atoms with E-state index in [9.17, 15) is 9.90 Å². The molecule has 0 aromatic carbocycles. The number of aliphatic hydroxyl groups excluding tert-OH is 1. The van der Waals surface area contributed by atoms with Gasteiger partial charge in [-0.3, -0.25) is 4.79 Å². The van der Waals surface area contributed by atoms with Gasteiger partial charge in [0, 0.05) is 23.4 Å². The Morgan fingerprint density at radius 1 is 1.30 bits per heavy atom. The summed E-state index contributed by atoms with van der Waals surface area (Å²) >= 11 is 1.65. The third-order valence-corrected chi connectivity index (χ3v) is 5.11. The predicted molar refractivity (Wildman–Crippen MR) is 83.4 cm³/mol. The SMILES string of the molecule is CC(C)(CO)CNC(=O)c1cc2c(s1)CCCCCC2. The smallest absolute Gasteiger partial charge is 0.261 e. The first-order chi connectivity index (χ1) is 9.52. The van der Waals surface area contributed by atoms with Gasteiger partial charge in [0.05, 0.1) is 4.88 Å². The van der Waals surface area contributed by atoms with Gasteiger partial charge >= 0.3 is 0 Å². The van der Waals surface area contributed by atoms with Crippen LogP contribution in [0.1, 0.15) is 59.6 Å². The maximum Gasteiger partial charge on any atom is 0.261 e. The average molecular weight is 295 g/mol. The van der Waals surface area contributed by atoms with E-state index >= 15 is 0 Å². The van der Waals surface area contributed by atoms with Gasteiger partial charge in [-0.25, -0.2) is 0 Å². The molecule has 1 amide bonds. The van der Waals surface area contributed by atoms with Gasteiger partial charge in [-0.15, -0.1) is 11.3 Å². The number of carbonyl (C=O) groups excluding carboxylic acids is 1. The van der Waals surface area contributed by atoms with E-state index in [0.717, 1.165) is 17.7 Å². The number of thiophene rings is 1. The summed E-state index contributed by atoms with van der Waals surface area (Å²) in [6.45, 7) is 4.47. The Balaban J connectivity index is 2.01. The highest BCUT2D eigenvalue weighted by Gasteiger charge is 2.20. The summed E-state index contributed by atoms with van der Waals surface area (Å²) in [5.41, 5.74) is 1.11. The lowest BCUT2D eigenvalue weighted by atomic mass is 9.95. The van der Waals surface area contributed by atoms with Crippen LogP contribution in [-0.2, 0) is 12.8 Å². The van der Waals surface area contributed by atoms with Gasteiger partial charge in [0.2, 0.25) is 0 Å². The summed E-state index contributed by atoms with van der Waals surface area (Å²) in [6.07, 6.45) is 7.33. The van der Waals surface area contributed by atoms with Gasteiger partial charge in [0.15, 0.2) is 0 Å². The zero-order chi connectivity index (χ0) is 14.6. The first-order valence-electron chi connectivity index (χ1n) is 7.52. The molecule has 0 unspecified atom stereocenters. The number of fused-ring (bicyclic) bond motifs is 1. The lowest BCUT2D eigenvalue weighted by Gasteiger charge is -2.21. The summed E-state index contributed by atoms with van der Waals surface area (Å²) in [6, 6.07) is 2.08.